The SMILES string of the molecule is COc1cccc(-c2nc(C3CC3)c(C(=N)N)s2)c1OC. The van der Waals surface area contributed by atoms with Crippen LogP contribution >= 0.6 is 11.3 Å². The minimum Gasteiger partial charge on any atom is -0.493 e. The van der Waals surface area contributed by atoms with Crippen LogP contribution in [-0.2, 0) is 0 Å². The molecular weight excluding hydrogens is 286 g/mol. The Labute approximate surface area is 127 Å². The highest BCUT2D eigenvalue weighted by Gasteiger charge is 2.31. The molecule has 1 heterocycles. The van der Waals surface area contributed by atoms with E-state index in [4.69, 9.17) is 25.6 Å². The molecule has 1 saturated carbocycles. The number of rotatable bonds is 5. The molecule has 5 nitrogen and oxygen atoms in total. The van der Waals surface area contributed by atoms with E-state index in [-0.39, 0.29) is 5.84 Å². The molecule has 0 aliphatic heterocycles. The van der Waals surface area contributed by atoms with Gasteiger partial charge in [-0.15, -0.1) is 11.3 Å². The molecule has 1 aromatic carbocycles. The number of para-hydroxylation sites is 1. The molecule has 0 radical (unpaired) electrons. The summed E-state index contributed by atoms with van der Waals surface area (Å²) in [5.41, 5.74) is 7.52. The van der Waals surface area contributed by atoms with Gasteiger partial charge in [-0.1, -0.05) is 6.07 Å². The van der Waals surface area contributed by atoms with Crippen molar-refractivity contribution < 1.29 is 9.47 Å². The fraction of sp³-hybridized carbons (Fsp3) is 0.333. The summed E-state index contributed by atoms with van der Waals surface area (Å²) >= 11 is 1.44. The van der Waals surface area contributed by atoms with E-state index in [2.05, 4.69) is 0 Å². The van der Waals surface area contributed by atoms with Crippen LogP contribution in [0.5, 0.6) is 11.5 Å². The number of ether oxygens (including phenoxy) is 2. The molecule has 0 amide bonds. The Hall–Kier alpha value is -2.08. The van der Waals surface area contributed by atoms with E-state index in [9.17, 15) is 0 Å². The Balaban J connectivity index is 2.12. The minimum atomic E-state index is 0.0857. The summed E-state index contributed by atoms with van der Waals surface area (Å²) in [5.74, 6) is 1.86. The highest BCUT2D eigenvalue weighted by molar-refractivity contribution is 7.17. The molecule has 2 aromatic rings. The van der Waals surface area contributed by atoms with Crippen LogP contribution in [0.3, 0.4) is 0 Å². The van der Waals surface area contributed by atoms with Crippen molar-refractivity contribution in [3.05, 3.63) is 28.8 Å². The van der Waals surface area contributed by atoms with Crippen molar-refractivity contribution >= 4 is 17.2 Å². The van der Waals surface area contributed by atoms with Crippen LogP contribution in [0.15, 0.2) is 18.2 Å². The molecule has 0 saturated heterocycles. The van der Waals surface area contributed by atoms with E-state index >= 15 is 0 Å². The predicted molar refractivity (Wildman–Crippen MR) is 83.6 cm³/mol. The lowest BCUT2D eigenvalue weighted by Crippen LogP contribution is -2.11. The number of hydrogen-bond donors (Lipinski definition) is 2. The number of benzene rings is 1. The normalized spacial score (nSPS) is 14.0. The summed E-state index contributed by atoms with van der Waals surface area (Å²) in [6, 6.07) is 5.70. The summed E-state index contributed by atoms with van der Waals surface area (Å²) in [6.07, 6.45) is 2.25. The lowest BCUT2D eigenvalue weighted by Gasteiger charge is -2.10. The Bertz CT molecular complexity index is 692. The quantitative estimate of drug-likeness (QED) is 0.657. The first-order valence-electron chi connectivity index (χ1n) is 6.72. The highest BCUT2D eigenvalue weighted by atomic mass is 32.1. The molecule has 1 aliphatic rings. The van der Waals surface area contributed by atoms with Crippen molar-refractivity contribution in [2.75, 3.05) is 14.2 Å². The smallest absolute Gasteiger partial charge is 0.170 e. The van der Waals surface area contributed by atoms with E-state index < -0.39 is 0 Å². The number of aromatic nitrogens is 1. The zero-order valence-corrected chi connectivity index (χ0v) is 12.8. The topological polar surface area (TPSA) is 81.2 Å². The average molecular weight is 303 g/mol. The van der Waals surface area contributed by atoms with Crippen molar-refractivity contribution in [1.29, 1.82) is 5.41 Å². The average Bonchev–Trinajstić information content (AvgIpc) is 3.24. The molecule has 3 N–H and O–H groups in total. The van der Waals surface area contributed by atoms with Crippen molar-refractivity contribution in [3.63, 3.8) is 0 Å². The fourth-order valence-electron chi connectivity index (χ4n) is 2.33. The van der Waals surface area contributed by atoms with Gasteiger partial charge in [0.1, 0.15) is 10.8 Å². The second-order valence-corrected chi connectivity index (χ2v) is 5.96. The molecule has 0 bridgehead atoms. The lowest BCUT2D eigenvalue weighted by molar-refractivity contribution is 0.356. The molecule has 0 unspecified atom stereocenters. The van der Waals surface area contributed by atoms with Gasteiger partial charge in [-0.3, -0.25) is 5.41 Å². The molecule has 0 atom stereocenters. The molecule has 1 fully saturated rings. The van der Waals surface area contributed by atoms with Gasteiger partial charge in [-0.25, -0.2) is 4.98 Å². The molecule has 1 aromatic heterocycles. The third-order valence-corrected chi connectivity index (χ3v) is 4.63. The minimum absolute atomic E-state index is 0.0857. The zero-order valence-electron chi connectivity index (χ0n) is 12.0. The monoisotopic (exact) mass is 303 g/mol. The lowest BCUT2D eigenvalue weighted by atomic mass is 10.2. The first kappa shape index (κ1) is 13.9. The number of hydrogen-bond acceptors (Lipinski definition) is 5. The Morgan fingerprint density at radius 3 is 2.67 bits per heavy atom. The Morgan fingerprint density at radius 1 is 1.33 bits per heavy atom. The third kappa shape index (κ3) is 2.47. The van der Waals surface area contributed by atoms with E-state index in [1.54, 1.807) is 14.2 Å². The van der Waals surface area contributed by atoms with Gasteiger partial charge in [0.05, 0.1) is 30.4 Å². The Kier molecular flexibility index (Phi) is 3.55. The van der Waals surface area contributed by atoms with Crippen LogP contribution in [0.4, 0.5) is 0 Å². The van der Waals surface area contributed by atoms with Gasteiger partial charge in [0, 0.05) is 5.92 Å². The van der Waals surface area contributed by atoms with E-state index in [0.717, 1.165) is 34.0 Å². The zero-order chi connectivity index (χ0) is 15.0. The largest absolute Gasteiger partial charge is 0.493 e. The van der Waals surface area contributed by atoms with Gasteiger partial charge in [-0.2, -0.15) is 0 Å². The predicted octanol–water partition coefficient (Wildman–Crippen LogP) is 2.99. The van der Waals surface area contributed by atoms with Gasteiger partial charge in [0.15, 0.2) is 11.5 Å². The second kappa shape index (κ2) is 5.37. The van der Waals surface area contributed by atoms with Crippen LogP contribution in [0.2, 0.25) is 0 Å². The number of nitrogens with zero attached hydrogens (tertiary/aromatic N) is 1. The van der Waals surface area contributed by atoms with Crippen LogP contribution in [0.1, 0.15) is 29.3 Å². The molecule has 0 spiro atoms. The first-order valence-corrected chi connectivity index (χ1v) is 7.53. The van der Waals surface area contributed by atoms with Crippen molar-refractivity contribution in [2.45, 2.75) is 18.8 Å². The first-order chi connectivity index (χ1) is 10.2. The van der Waals surface area contributed by atoms with Crippen LogP contribution < -0.4 is 15.2 Å². The number of nitrogens with two attached hydrogens (primary N) is 1. The fourth-order valence-corrected chi connectivity index (χ4v) is 3.36. The summed E-state index contributed by atoms with van der Waals surface area (Å²) in [4.78, 5) is 5.49. The van der Waals surface area contributed by atoms with Crippen LogP contribution in [0.25, 0.3) is 10.6 Å². The van der Waals surface area contributed by atoms with Gasteiger partial charge in [-0.05, 0) is 25.0 Å². The number of nitrogens with one attached hydrogen (secondary N) is 1. The molecule has 6 heteroatoms. The summed E-state index contributed by atoms with van der Waals surface area (Å²) in [6.45, 7) is 0. The van der Waals surface area contributed by atoms with Gasteiger partial charge < -0.3 is 15.2 Å². The Morgan fingerprint density at radius 2 is 2.10 bits per heavy atom. The molecule has 1 aliphatic carbocycles. The maximum absolute atomic E-state index is 7.74. The van der Waals surface area contributed by atoms with Crippen molar-refractivity contribution in [1.82, 2.24) is 4.98 Å². The number of amidine groups is 1. The summed E-state index contributed by atoms with van der Waals surface area (Å²) in [7, 11) is 3.22. The highest BCUT2D eigenvalue weighted by Crippen LogP contribution is 2.46. The van der Waals surface area contributed by atoms with Crippen LogP contribution in [0, 0.1) is 5.41 Å². The van der Waals surface area contributed by atoms with E-state index in [1.165, 1.54) is 11.3 Å². The van der Waals surface area contributed by atoms with Crippen molar-refractivity contribution in [2.24, 2.45) is 5.73 Å². The van der Waals surface area contributed by atoms with E-state index in [0.29, 0.717) is 17.4 Å². The van der Waals surface area contributed by atoms with Gasteiger partial charge in [0.25, 0.3) is 0 Å². The maximum Gasteiger partial charge on any atom is 0.170 e. The maximum atomic E-state index is 7.74. The molecule has 3 rings (SSSR count). The van der Waals surface area contributed by atoms with Crippen molar-refractivity contribution in [3.8, 4) is 22.1 Å². The van der Waals surface area contributed by atoms with E-state index in [1.807, 2.05) is 18.2 Å². The summed E-state index contributed by atoms with van der Waals surface area (Å²) in [5, 5.41) is 8.56. The van der Waals surface area contributed by atoms with Gasteiger partial charge in [0.2, 0.25) is 0 Å². The number of methoxy groups -OCH3 is 2. The number of nitrogen functional groups attached to an aromatic ring is 1. The molecule has 110 valence electrons. The number of thiazole rings is 1. The second-order valence-electron chi connectivity index (χ2n) is 4.96. The standard InChI is InChI=1S/C15H17N3O2S/c1-19-10-5-3-4-9(12(10)20-2)15-18-11(8-6-7-8)13(21-15)14(16)17/h3-5,8H,6-7H2,1-2H3,(H3,16,17). The third-order valence-electron chi connectivity index (χ3n) is 3.50. The summed E-state index contributed by atoms with van der Waals surface area (Å²) < 4.78 is 10.8. The molecular formula is C15H17N3O2S. The van der Waals surface area contributed by atoms with Gasteiger partial charge >= 0.3 is 0 Å². The molecule has 21 heavy (non-hydrogen) atoms. The van der Waals surface area contributed by atoms with Crippen LogP contribution in [-0.4, -0.2) is 25.0 Å².